The van der Waals surface area contributed by atoms with Crippen LogP contribution in [0.1, 0.15) is 81.7 Å². The Morgan fingerprint density at radius 3 is 2.08 bits per heavy atom. The van der Waals surface area contributed by atoms with Crippen LogP contribution in [0.4, 0.5) is 0 Å². The predicted molar refractivity (Wildman–Crippen MR) is 202 cm³/mol. The molecule has 0 amide bonds. The number of aromatic nitrogens is 2. The molecule has 0 bridgehead atoms. The summed E-state index contributed by atoms with van der Waals surface area (Å²) in [5.74, 6) is 1.63. The summed E-state index contributed by atoms with van der Waals surface area (Å²) in [6.45, 7) is 23.4. The van der Waals surface area contributed by atoms with E-state index in [4.69, 9.17) is 0 Å². The van der Waals surface area contributed by atoms with E-state index in [1.165, 1.54) is 27.1 Å². The van der Waals surface area contributed by atoms with Crippen molar-refractivity contribution in [2.24, 2.45) is 40.9 Å². The second-order valence-electron chi connectivity index (χ2n) is 15.5. The number of aliphatic hydroxyl groups excluding tert-OH is 1. The first kappa shape index (κ1) is 39.5. The molecule has 5 rings (SSSR count). The minimum atomic E-state index is -0.0119. The Kier molecular flexibility index (Phi) is 13.7. The van der Waals surface area contributed by atoms with Crippen molar-refractivity contribution in [2.45, 2.75) is 82.6 Å². The fourth-order valence-corrected chi connectivity index (χ4v) is 8.23. The number of carbonyl (C=O) groups excluding carboxylic acids is 1. The van der Waals surface area contributed by atoms with Gasteiger partial charge in [0, 0.05) is 58.5 Å². The molecule has 5 aromatic rings. The molecular weight excluding hydrogens is 789 g/mol. The Balaban J connectivity index is 0.000000278. The van der Waals surface area contributed by atoms with Gasteiger partial charge in [-0.15, -0.1) is 41.0 Å². The number of fused-ring (bicyclic) bond motifs is 4. The molecule has 0 spiro atoms. The maximum Gasteiger partial charge on any atom is 0.162 e. The molecule has 1 N–H and O–H groups in total. The monoisotopic (exact) mass is 842 g/mol. The van der Waals surface area contributed by atoms with E-state index in [0.29, 0.717) is 23.7 Å². The Hall–Kier alpha value is -2.92. The van der Waals surface area contributed by atoms with Gasteiger partial charge in [-0.05, 0) is 47.1 Å². The van der Waals surface area contributed by atoms with Gasteiger partial charge >= 0.3 is 0 Å². The van der Waals surface area contributed by atoms with Crippen LogP contribution in [0.5, 0.6) is 0 Å². The SMILES string of the molecule is CC(C)(C)Cc1ccc2c(c1)sc1c(-c3[c-]c4ccccc4cc3)ncnc12.CC(C)C(C(=O)/C=C(\O)C(C(C)C)C(C)C)C(C)C.[Ir]. The van der Waals surface area contributed by atoms with E-state index in [0.717, 1.165) is 33.3 Å². The Bertz CT molecular complexity index is 1850. The number of benzene rings is 3. The molecule has 0 aliphatic heterocycles. The first-order chi connectivity index (χ1) is 22.1. The largest absolute Gasteiger partial charge is 0.512 e. The van der Waals surface area contributed by atoms with Gasteiger partial charge in [0.15, 0.2) is 5.78 Å². The molecule has 0 aliphatic carbocycles. The van der Waals surface area contributed by atoms with Crippen LogP contribution in [-0.2, 0) is 31.3 Å². The zero-order chi connectivity index (χ0) is 34.6. The maximum absolute atomic E-state index is 12.3. The van der Waals surface area contributed by atoms with Crippen molar-refractivity contribution in [2.75, 3.05) is 0 Å². The smallest absolute Gasteiger partial charge is 0.162 e. The molecule has 0 unspecified atom stereocenters. The van der Waals surface area contributed by atoms with Gasteiger partial charge in [-0.2, -0.15) is 0 Å². The number of nitrogens with zero attached hydrogens (tertiary/aromatic N) is 2. The summed E-state index contributed by atoms with van der Waals surface area (Å²) in [7, 11) is 0. The van der Waals surface area contributed by atoms with Gasteiger partial charge in [0.05, 0.1) is 11.3 Å². The third-order valence-corrected chi connectivity index (χ3v) is 9.95. The molecule has 0 fully saturated rings. The van der Waals surface area contributed by atoms with Crippen LogP contribution in [0.25, 0.3) is 42.3 Å². The van der Waals surface area contributed by atoms with E-state index in [-0.39, 0.29) is 48.9 Å². The normalized spacial score (nSPS) is 12.6. The quantitative estimate of drug-likeness (QED) is 0.0912. The number of thiophene rings is 1. The summed E-state index contributed by atoms with van der Waals surface area (Å²) < 4.78 is 2.41. The number of allylic oxidation sites excluding steroid dienone is 2. The molecule has 0 saturated carbocycles. The number of hydrogen-bond donors (Lipinski definition) is 1. The van der Waals surface area contributed by atoms with Crippen molar-refractivity contribution >= 4 is 48.2 Å². The van der Waals surface area contributed by atoms with Gasteiger partial charge in [-0.25, -0.2) is 4.98 Å². The van der Waals surface area contributed by atoms with Crippen molar-refractivity contribution < 1.29 is 30.0 Å². The van der Waals surface area contributed by atoms with Crippen molar-refractivity contribution in [1.82, 2.24) is 9.97 Å². The first-order valence-electron chi connectivity index (χ1n) is 17.1. The van der Waals surface area contributed by atoms with Crippen LogP contribution in [0.3, 0.4) is 0 Å². The molecule has 48 heavy (non-hydrogen) atoms. The molecule has 4 nitrogen and oxygen atoms in total. The van der Waals surface area contributed by atoms with Crippen molar-refractivity contribution in [3.05, 3.63) is 84.4 Å². The van der Waals surface area contributed by atoms with Crippen LogP contribution in [0.2, 0.25) is 0 Å². The minimum absolute atomic E-state index is 0. The van der Waals surface area contributed by atoms with Crippen LogP contribution in [0.15, 0.2) is 72.8 Å². The zero-order valence-corrected chi connectivity index (χ0v) is 33.7. The third kappa shape index (κ3) is 9.61. The average Bonchev–Trinajstić information content (AvgIpc) is 3.33. The van der Waals surface area contributed by atoms with Gasteiger partial charge in [0.25, 0.3) is 0 Å². The van der Waals surface area contributed by atoms with Gasteiger partial charge < -0.3 is 5.11 Å². The van der Waals surface area contributed by atoms with E-state index < -0.39 is 0 Å². The Morgan fingerprint density at radius 2 is 1.48 bits per heavy atom. The fourth-order valence-electron chi connectivity index (χ4n) is 7.01. The van der Waals surface area contributed by atoms with Gasteiger partial charge in [-0.1, -0.05) is 117 Å². The first-order valence-corrected chi connectivity index (χ1v) is 17.9. The predicted octanol–water partition coefficient (Wildman–Crippen LogP) is 11.9. The molecule has 6 heteroatoms. The van der Waals surface area contributed by atoms with Gasteiger partial charge in [-0.3, -0.25) is 9.78 Å². The van der Waals surface area contributed by atoms with E-state index in [9.17, 15) is 9.90 Å². The molecule has 2 heterocycles. The molecular formula is C42H53IrN2O2S-. The topological polar surface area (TPSA) is 63.1 Å². The molecule has 259 valence electrons. The number of aliphatic hydroxyl groups is 1. The molecule has 0 aliphatic rings. The second kappa shape index (κ2) is 16.7. The van der Waals surface area contributed by atoms with E-state index >= 15 is 0 Å². The van der Waals surface area contributed by atoms with E-state index in [1.54, 1.807) is 17.7 Å². The summed E-state index contributed by atoms with van der Waals surface area (Å²) in [5.41, 5.74) is 4.67. The maximum atomic E-state index is 12.3. The summed E-state index contributed by atoms with van der Waals surface area (Å²) in [6, 6.07) is 22.9. The minimum Gasteiger partial charge on any atom is -0.512 e. The number of ketones is 1. The van der Waals surface area contributed by atoms with E-state index in [1.807, 2.05) is 6.07 Å². The Labute approximate surface area is 305 Å². The molecule has 1 radical (unpaired) electrons. The van der Waals surface area contributed by atoms with Gasteiger partial charge in [0.2, 0.25) is 0 Å². The van der Waals surface area contributed by atoms with Gasteiger partial charge in [0.1, 0.15) is 6.33 Å². The number of hydrogen-bond acceptors (Lipinski definition) is 5. The second-order valence-corrected chi connectivity index (χ2v) is 16.6. The standard InChI is InChI=1S/C25H21N2S.C17H32O2.Ir/c1-25(2,3)14-16-8-11-20-21(12-16)28-24-22(26-15-27-23(20)24)19-10-9-17-6-4-5-7-18(17)13-19;1-10(2)16(11(3)4)14(18)9-15(19)17(12(5)6)13(7)8;/h4-12,15H,14H2,1-3H3;9-13,16-18H,1-8H3;/q-1;;/b;14-9-;. The summed E-state index contributed by atoms with van der Waals surface area (Å²) >= 11 is 1.78. The van der Waals surface area contributed by atoms with E-state index in [2.05, 4.69) is 141 Å². The average molecular weight is 842 g/mol. The fraction of sp³-hybridized carbons (Fsp3) is 0.452. The molecule has 2 aromatic heterocycles. The summed E-state index contributed by atoms with van der Waals surface area (Å²) in [5, 5.41) is 13.8. The van der Waals surface area contributed by atoms with Crippen LogP contribution in [-0.4, -0.2) is 20.9 Å². The van der Waals surface area contributed by atoms with Crippen LogP contribution < -0.4 is 0 Å². The van der Waals surface area contributed by atoms with Crippen LogP contribution >= 0.6 is 11.3 Å². The van der Waals surface area contributed by atoms with Crippen molar-refractivity contribution in [3.8, 4) is 11.3 Å². The summed E-state index contributed by atoms with van der Waals surface area (Å²) in [4.78, 5) is 21.6. The summed E-state index contributed by atoms with van der Waals surface area (Å²) in [6.07, 6.45) is 4.22. The zero-order valence-electron chi connectivity index (χ0n) is 30.5. The molecule has 0 saturated heterocycles. The number of carbonyl (C=O) groups is 1. The van der Waals surface area contributed by atoms with Crippen molar-refractivity contribution in [3.63, 3.8) is 0 Å². The Morgan fingerprint density at radius 1 is 0.854 bits per heavy atom. The van der Waals surface area contributed by atoms with Crippen LogP contribution in [0, 0.1) is 47.0 Å². The third-order valence-electron chi connectivity index (χ3n) is 8.80. The molecule has 3 aromatic carbocycles. The van der Waals surface area contributed by atoms with Crippen molar-refractivity contribution in [1.29, 1.82) is 0 Å². The number of rotatable bonds is 9. The molecule has 0 atom stereocenters.